The zero-order chi connectivity index (χ0) is 19.0. The van der Waals surface area contributed by atoms with Crippen molar-refractivity contribution in [2.45, 2.75) is 25.8 Å². The number of halogens is 1. The third kappa shape index (κ3) is 3.10. The number of para-hydroxylation sites is 1. The third-order valence-electron chi connectivity index (χ3n) is 4.85. The fourth-order valence-corrected chi connectivity index (χ4v) is 4.29. The summed E-state index contributed by atoms with van der Waals surface area (Å²) < 4.78 is 16.7. The molecule has 3 heterocycles. The molecule has 1 aromatic carbocycles. The van der Waals surface area contributed by atoms with E-state index in [1.54, 1.807) is 22.4 Å². The van der Waals surface area contributed by atoms with Crippen molar-refractivity contribution in [3.8, 4) is 5.69 Å². The number of aromatic nitrogens is 2. The van der Waals surface area contributed by atoms with Crippen LogP contribution >= 0.6 is 11.3 Å². The fourth-order valence-electron chi connectivity index (χ4n) is 3.46. The van der Waals surface area contributed by atoms with Gasteiger partial charge < -0.3 is 4.90 Å². The lowest BCUT2D eigenvalue weighted by atomic mass is 10.1. The van der Waals surface area contributed by atoms with Crippen molar-refractivity contribution < 1.29 is 9.18 Å². The number of carbonyl (C=O) groups is 1. The minimum absolute atomic E-state index is 0.109. The molecular weight excluding hydrogens is 369 g/mol. The molecule has 0 N–H and O–H groups in total. The summed E-state index contributed by atoms with van der Waals surface area (Å²) >= 11 is 1.17. The molecule has 0 radical (unpaired) electrons. The van der Waals surface area contributed by atoms with Gasteiger partial charge in [-0.05, 0) is 42.8 Å². The van der Waals surface area contributed by atoms with Crippen molar-refractivity contribution in [1.29, 1.82) is 0 Å². The molecule has 1 aliphatic rings. The molecule has 140 valence electrons. The minimum atomic E-state index is -0.707. The van der Waals surface area contributed by atoms with Gasteiger partial charge in [0.1, 0.15) is 17.1 Å². The molecular formula is C19H18FN3O3S. The highest BCUT2D eigenvalue weighted by atomic mass is 32.1. The number of amides is 1. The van der Waals surface area contributed by atoms with Gasteiger partial charge in [0.15, 0.2) is 0 Å². The molecule has 2 aromatic heterocycles. The lowest BCUT2D eigenvalue weighted by Crippen LogP contribution is -2.43. The van der Waals surface area contributed by atoms with Crippen LogP contribution in [0, 0.1) is 5.82 Å². The molecule has 6 nitrogen and oxygen atoms in total. The standard InChI is InChI=1S/C19H18FN3O3S/c20-13-6-2-3-7-14(13)23-18(25)17-15(8-11-27-17)22(19(23)26)12-16(24)21-9-4-1-5-10-21/h2-3,6-8,11H,1,4-5,9-10,12H2. The van der Waals surface area contributed by atoms with Gasteiger partial charge in [-0.25, -0.2) is 13.8 Å². The predicted molar refractivity (Wildman–Crippen MR) is 102 cm³/mol. The first kappa shape index (κ1) is 17.7. The molecule has 1 amide bonds. The summed E-state index contributed by atoms with van der Waals surface area (Å²) in [6.45, 7) is 1.18. The first-order valence-electron chi connectivity index (χ1n) is 8.83. The Balaban J connectivity index is 1.87. The van der Waals surface area contributed by atoms with Crippen molar-refractivity contribution in [3.63, 3.8) is 0 Å². The molecule has 0 bridgehead atoms. The Morgan fingerprint density at radius 3 is 2.56 bits per heavy atom. The van der Waals surface area contributed by atoms with Gasteiger partial charge in [-0.15, -0.1) is 11.3 Å². The number of hydrogen-bond donors (Lipinski definition) is 0. The summed E-state index contributed by atoms with van der Waals surface area (Å²) in [5.74, 6) is -0.829. The van der Waals surface area contributed by atoms with E-state index in [0.717, 1.165) is 23.8 Å². The first-order valence-corrected chi connectivity index (χ1v) is 9.71. The second kappa shape index (κ2) is 7.11. The summed E-state index contributed by atoms with van der Waals surface area (Å²) in [4.78, 5) is 40.3. The maximum atomic E-state index is 14.3. The zero-order valence-electron chi connectivity index (χ0n) is 14.6. The maximum Gasteiger partial charge on any atom is 0.336 e. The van der Waals surface area contributed by atoms with Crippen LogP contribution in [0.4, 0.5) is 4.39 Å². The average molecular weight is 387 g/mol. The molecule has 1 aliphatic heterocycles. The van der Waals surface area contributed by atoms with E-state index < -0.39 is 17.1 Å². The Hall–Kier alpha value is -2.74. The van der Waals surface area contributed by atoms with Crippen LogP contribution in [0.2, 0.25) is 0 Å². The topological polar surface area (TPSA) is 64.3 Å². The molecule has 0 saturated carbocycles. The summed E-state index contributed by atoms with van der Waals surface area (Å²) in [7, 11) is 0. The number of carbonyl (C=O) groups excluding carboxylic acids is 1. The molecule has 0 unspecified atom stereocenters. The minimum Gasteiger partial charge on any atom is -0.341 e. The van der Waals surface area contributed by atoms with Crippen LogP contribution in [-0.4, -0.2) is 33.0 Å². The number of hydrogen-bond acceptors (Lipinski definition) is 4. The summed E-state index contributed by atoms with van der Waals surface area (Å²) in [6.07, 6.45) is 2.99. The third-order valence-corrected chi connectivity index (χ3v) is 5.74. The monoisotopic (exact) mass is 387 g/mol. The van der Waals surface area contributed by atoms with Crippen molar-refractivity contribution in [3.05, 3.63) is 62.4 Å². The Kier molecular flexibility index (Phi) is 4.65. The lowest BCUT2D eigenvalue weighted by Gasteiger charge is -2.27. The van der Waals surface area contributed by atoms with Crippen LogP contribution in [0.5, 0.6) is 0 Å². The van der Waals surface area contributed by atoms with Gasteiger partial charge in [0.05, 0.1) is 11.2 Å². The highest BCUT2D eigenvalue weighted by molar-refractivity contribution is 7.17. The Bertz CT molecular complexity index is 1130. The van der Waals surface area contributed by atoms with Gasteiger partial charge >= 0.3 is 5.69 Å². The first-order chi connectivity index (χ1) is 13.1. The van der Waals surface area contributed by atoms with E-state index in [2.05, 4.69) is 0 Å². The molecule has 4 rings (SSSR count). The molecule has 0 atom stereocenters. The molecule has 1 fully saturated rings. The van der Waals surface area contributed by atoms with Gasteiger partial charge in [-0.1, -0.05) is 12.1 Å². The second-order valence-electron chi connectivity index (χ2n) is 6.54. The Morgan fingerprint density at radius 2 is 1.81 bits per heavy atom. The normalized spacial score (nSPS) is 14.6. The van der Waals surface area contributed by atoms with Crippen LogP contribution in [0.1, 0.15) is 19.3 Å². The van der Waals surface area contributed by atoms with E-state index >= 15 is 0 Å². The van der Waals surface area contributed by atoms with E-state index in [1.807, 2.05) is 0 Å². The van der Waals surface area contributed by atoms with Crippen LogP contribution < -0.4 is 11.2 Å². The molecule has 3 aromatic rings. The van der Waals surface area contributed by atoms with Crippen LogP contribution in [0.25, 0.3) is 15.9 Å². The van der Waals surface area contributed by atoms with E-state index in [1.165, 1.54) is 34.1 Å². The summed E-state index contributed by atoms with van der Waals surface area (Å²) in [5, 5.41) is 1.69. The van der Waals surface area contributed by atoms with Crippen LogP contribution in [0.15, 0.2) is 45.3 Å². The Morgan fingerprint density at radius 1 is 1.07 bits per heavy atom. The van der Waals surface area contributed by atoms with Crippen molar-refractivity contribution in [2.24, 2.45) is 0 Å². The van der Waals surface area contributed by atoms with Crippen molar-refractivity contribution in [2.75, 3.05) is 13.1 Å². The average Bonchev–Trinajstić information content (AvgIpc) is 3.17. The largest absolute Gasteiger partial charge is 0.341 e. The SMILES string of the molecule is O=C(Cn1c(=O)n(-c2ccccc2F)c(=O)c2sccc21)N1CCCCC1. The van der Waals surface area contributed by atoms with E-state index in [9.17, 15) is 18.8 Å². The number of nitrogens with zero attached hydrogens (tertiary/aromatic N) is 3. The van der Waals surface area contributed by atoms with Gasteiger partial charge in [0.25, 0.3) is 5.56 Å². The number of thiophene rings is 1. The predicted octanol–water partition coefficient (Wildman–Crippen LogP) is 2.37. The zero-order valence-corrected chi connectivity index (χ0v) is 15.4. The van der Waals surface area contributed by atoms with Crippen molar-refractivity contribution >= 4 is 27.5 Å². The quantitative estimate of drug-likeness (QED) is 0.693. The summed E-state index contributed by atoms with van der Waals surface area (Å²) in [6, 6.07) is 7.29. The van der Waals surface area contributed by atoms with Gasteiger partial charge in [0.2, 0.25) is 5.91 Å². The number of piperidine rings is 1. The van der Waals surface area contributed by atoms with Gasteiger partial charge in [-0.2, -0.15) is 0 Å². The van der Waals surface area contributed by atoms with Crippen LogP contribution in [-0.2, 0) is 11.3 Å². The van der Waals surface area contributed by atoms with E-state index in [-0.39, 0.29) is 18.1 Å². The van der Waals surface area contributed by atoms with Crippen LogP contribution in [0.3, 0.4) is 0 Å². The second-order valence-corrected chi connectivity index (χ2v) is 7.45. The fraction of sp³-hybridized carbons (Fsp3) is 0.316. The molecule has 1 saturated heterocycles. The molecule has 0 spiro atoms. The highest BCUT2D eigenvalue weighted by Crippen LogP contribution is 2.18. The van der Waals surface area contributed by atoms with Gasteiger partial charge in [-0.3, -0.25) is 14.2 Å². The number of rotatable bonds is 3. The van der Waals surface area contributed by atoms with E-state index in [0.29, 0.717) is 23.3 Å². The lowest BCUT2D eigenvalue weighted by molar-refractivity contribution is -0.132. The smallest absolute Gasteiger partial charge is 0.336 e. The molecule has 0 aliphatic carbocycles. The van der Waals surface area contributed by atoms with E-state index in [4.69, 9.17) is 0 Å². The highest BCUT2D eigenvalue weighted by Gasteiger charge is 2.22. The maximum absolute atomic E-state index is 14.3. The van der Waals surface area contributed by atoms with Gasteiger partial charge in [0, 0.05) is 13.1 Å². The number of fused-ring (bicyclic) bond motifs is 1. The molecule has 27 heavy (non-hydrogen) atoms. The number of benzene rings is 1. The molecule has 8 heteroatoms. The number of likely N-dealkylation sites (tertiary alicyclic amines) is 1. The summed E-state index contributed by atoms with van der Waals surface area (Å²) in [5.41, 5.74) is -0.979. The van der Waals surface area contributed by atoms with Crippen molar-refractivity contribution in [1.82, 2.24) is 14.0 Å². The Labute approximate surface area is 158 Å².